The Bertz CT molecular complexity index is 625. The predicted molar refractivity (Wildman–Crippen MR) is 84.4 cm³/mol. The molecular weight excluding hydrogens is 265 g/mol. The van der Waals surface area contributed by atoms with Gasteiger partial charge in [0.1, 0.15) is 11.6 Å². The number of hydrogen-bond donors (Lipinski definition) is 1. The van der Waals surface area contributed by atoms with Crippen molar-refractivity contribution in [3.63, 3.8) is 0 Å². The number of rotatable bonds is 5. The maximum atomic E-state index is 13.9. The van der Waals surface area contributed by atoms with Crippen LogP contribution in [0.15, 0.2) is 36.4 Å². The highest BCUT2D eigenvalue weighted by molar-refractivity contribution is 5.44. The molecule has 0 fully saturated rings. The standard InChI is InChI=1S/C18H22FNO/c1-12-8-16(18(21-3)9-13(12)2)15(11-20)10-14-6-4-5-7-17(14)19/h4-9,15H,10-11,20H2,1-3H3. The van der Waals surface area contributed by atoms with Crippen molar-refractivity contribution < 1.29 is 9.13 Å². The van der Waals surface area contributed by atoms with Crippen LogP contribution in [-0.2, 0) is 6.42 Å². The molecule has 0 bridgehead atoms. The Morgan fingerprint density at radius 1 is 1.14 bits per heavy atom. The average molecular weight is 287 g/mol. The van der Waals surface area contributed by atoms with Gasteiger partial charge in [0.2, 0.25) is 0 Å². The molecule has 112 valence electrons. The molecule has 0 heterocycles. The normalized spacial score (nSPS) is 12.2. The van der Waals surface area contributed by atoms with Gasteiger partial charge in [-0.1, -0.05) is 24.3 Å². The van der Waals surface area contributed by atoms with Gasteiger partial charge in [0.15, 0.2) is 0 Å². The number of nitrogens with two attached hydrogens (primary N) is 1. The van der Waals surface area contributed by atoms with E-state index in [4.69, 9.17) is 10.5 Å². The highest BCUT2D eigenvalue weighted by Crippen LogP contribution is 2.31. The van der Waals surface area contributed by atoms with E-state index >= 15 is 0 Å². The monoisotopic (exact) mass is 287 g/mol. The smallest absolute Gasteiger partial charge is 0.126 e. The highest BCUT2D eigenvalue weighted by atomic mass is 19.1. The lowest BCUT2D eigenvalue weighted by Gasteiger charge is -2.20. The van der Waals surface area contributed by atoms with Crippen LogP contribution in [0.3, 0.4) is 0 Å². The van der Waals surface area contributed by atoms with Gasteiger partial charge >= 0.3 is 0 Å². The van der Waals surface area contributed by atoms with Crippen molar-refractivity contribution in [2.45, 2.75) is 26.2 Å². The lowest BCUT2D eigenvalue weighted by atomic mass is 9.89. The number of hydrogen-bond acceptors (Lipinski definition) is 2. The molecule has 0 amide bonds. The average Bonchev–Trinajstić information content (AvgIpc) is 2.49. The van der Waals surface area contributed by atoms with Gasteiger partial charge < -0.3 is 10.5 Å². The number of methoxy groups -OCH3 is 1. The van der Waals surface area contributed by atoms with Gasteiger partial charge in [-0.15, -0.1) is 0 Å². The van der Waals surface area contributed by atoms with Gasteiger partial charge in [-0.25, -0.2) is 4.39 Å². The Hall–Kier alpha value is -1.87. The largest absolute Gasteiger partial charge is 0.496 e. The second kappa shape index (κ2) is 6.72. The molecule has 0 radical (unpaired) electrons. The molecule has 0 aliphatic heterocycles. The van der Waals surface area contributed by atoms with Gasteiger partial charge in [0, 0.05) is 5.92 Å². The minimum absolute atomic E-state index is 0.0381. The molecule has 3 heteroatoms. The third kappa shape index (κ3) is 3.42. The van der Waals surface area contributed by atoms with E-state index in [0.717, 1.165) is 11.3 Å². The second-order valence-corrected chi connectivity index (χ2v) is 5.41. The van der Waals surface area contributed by atoms with Gasteiger partial charge in [0.05, 0.1) is 7.11 Å². The SMILES string of the molecule is COc1cc(C)c(C)cc1C(CN)Cc1ccccc1F. The third-order valence-electron chi connectivity index (χ3n) is 3.99. The van der Waals surface area contributed by atoms with Crippen LogP contribution >= 0.6 is 0 Å². The van der Waals surface area contributed by atoms with Crippen molar-refractivity contribution in [2.75, 3.05) is 13.7 Å². The van der Waals surface area contributed by atoms with Crippen molar-refractivity contribution in [2.24, 2.45) is 5.73 Å². The van der Waals surface area contributed by atoms with Gasteiger partial charge in [0.25, 0.3) is 0 Å². The van der Waals surface area contributed by atoms with Crippen molar-refractivity contribution in [1.82, 2.24) is 0 Å². The molecule has 0 aliphatic carbocycles. The summed E-state index contributed by atoms with van der Waals surface area (Å²) in [7, 11) is 1.66. The Morgan fingerprint density at radius 2 is 1.81 bits per heavy atom. The lowest BCUT2D eigenvalue weighted by molar-refractivity contribution is 0.404. The maximum absolute atomic E-state index is 13.9. The summed E-state index contributed by atoms with van der Waals surface area (Å²) in [5.74, 6) is 0.680. The van der Waals surface area contributed by atoms with Crippen LogP contribution in [-0.4, -0.2) is 13.7 Å². The van der Waals surface area contributed by atoms with Crippen molar-refractivity contribution in [3.8, 4) is 5.75 Å². The van der Waals surface area contributed by atoms with E-state index in [0.29, 0.717) is 18.5 Å². The van der Waals surface area contributed by atoms with E-state index in [1.807, 2.05) is 18.2 Å². The zero-order valence-corrected chi connectivity index (χ0v) is 12.8. The van der Waals surface area contributed by atoms with Crippen LogP contribution in [0.1, 0.15) is 28.2 Å². The summed E-state index contributed by atoms with van der Waals surface area (Å²) in [6.45, 7) is 4.57. The minimum atomic E-state index is -0.182. The van der Waals surface area contributed by atoms with E-state index in [9.17, 15) is 4.39 Å². The maximum Gasteiger partial charge on any atom is 0.126 e. The van der Waals surface area contributed by atoms with Crippen LogP contribution in [0.25, 0.3) is 0 Å². The van der Waals surface area contributed by atoms with E-state index in [1.165, 1.54) is 17.2 Å². The van der Waals surface area contributed by atoms with Crippen LogP contribution in [0.5, 0.6) is 5.75 Å². The van der Waals surface area contributed by atoms with E-state index in [-0.39, 0.29) is 11.7 Å². The Labute approximate surface area is 125 Å². The van der Waals surface area contributed by atoms with Crippen LogP contribution in [0.2, 0.25) is 0 Å². The van der Waals surface area contributed by atoms with Crippen LogP contribution < -0.4 is 10.5 Å². The fourth-order valence-electron chi connectivity index (χ4n) is 2.56. The first-order chi connectivity index (χ1) is 10.1. The first-order valence-corrected chi connectivity index (χ1v) is 7.15. The molecule has 2 rings (SSSR count). The molecule has 0 saturated heterocycles. The molecule has 0 spiro atoms. The molecule has 0 saturated carbocycles. The summed E-state index contributed by atoms with van der Waals surface area (Å²) in [6.07, 6.45) is 0.571. The first kappa shape index (κ1) is 15.5. The van der Waals surface area contributed by atoms with E-state index < -0.39 is 0 Å². The van der Waals surface area contributed by atoms with Crippen LogP contribution in [0, 0.1) is 19.7 Å². The van der Waals surface area contributed by atoms with E-state index in [1.54, 1.807) is 13.2 Å². The molecule has 2 aromatic carbocycles. The lowest BCUT2D eigenvalue weighted by Crippen LogP contribution is -2.17. The topological polar surface area (TPSA) is 35.2 Å². The number of halogens is 1. The molecule has 1 unspecified atom stereocenters. The summed E-state index contributed by atoms with van der Waals surface area (Å²) in [4.78, 5) is 0. The zero-order chi connectivity index (χ0) is 15.4. The number of benzene rings is 2. The number of ether oxygens (including phenoxy) is 1. The van der Waals surface area contributed by atoms with Crippen molar-refractivity contribution in [1.29, 1.82) is 0 Å². The fraction of sp³-hybridized carbons (Fsp3) is 0.333. The second-order valence-electron chi connectivity index (χ2n) is 5.41. The summed E-state index contributed by atoms with van der Waals surface area (Å²) < 4.78 is 19.3. The van der Waals surface area contributed by atoms with Gasteiger partial charge in [-0.05, 0) is 61.2 Å². The van der Waals surface area contributed by atoms with Crippen molar-refractivity contribution >= 4 is 0 Å². The van der Waals surface area contributed by atoms with Gasteiger partial charge in [-0.3, -0.25) is 0 Å². The highest BCUT2D eigenvalue weighted by Gasteiger charge is 2.18. The molecule has 2 nitrogen and oxygen atoms in total. The summed E-state index contributed by atoms with van der Waals surface area (Å²) >= 11 is 0. The fourth-order valence-corrected chi connectivity index (χ4v) is 2.56. The zero-order valence-electron chi connectivity index (χ0n) is 12.8. The number of aryl methyl sites for hydroxylation is 2. The molecule has 1 atom stereocenters. The Balaban J connectivity index is 2.38. The van der Waals surface area contributed by atoms with Crippen molar-refractivity contribution in [3.05, 3.63) is 64.5 Å². The summed E-state index contributed by atoms with van der Waals surface area (Å²) in [5.41, 5.74) is 10.0. The Morgan fingerprint density at radius 3 is 2.43 bits per heavy atom. The molecule has 21 heavy (non-hydrogen) atoms. The third-order valence-corrected chi connectivity index (χ3v) is 3.99. The first-order valence-electron chi connectivity index (χ1n) is 7.15. The quantitative estimate of drug-likeness (QED) is 0.909. The molecule has 2 aromatic rings. The molecular formula is C18H22FNO. The predicted octanol–water partition coefficient (Wildman–Crippen LogP) is 3.74. The van der Waals surface area contributed by atoms with Gasteiger partial charge in [-0.2, -0.15) is 0 Å². The minimum Gasteiger partial charge on any atom is -0.496 e. The van der Waals surface area contributed by atoms with Crippen LogP contribution in [0.4, 0.5) is 4.39 Å². The Kier molecular flexibility index (Phi) is 4.97. The summed E-state index contributed by atoms with van der Waals surface area (Å²) in [6, 6.07) is 11.0. The van der Waals surface area contributed by atoms with E-state index in [2.05, 4.69) is 19.9 Å². The molecule has 0 aromatic heterocycles. The molecule has 0 aliphatic rings. The summed E-state index contributed by atoms with van der Waals surface area (Å²) in [5, 5.41) is 0. The molecule has 2 N–H and O–H groups in total.